The summed E-state index contributed by atoms with van der Waals surface area (Å²) in [4.78, 5) is 17.1. The van der Waals surface area contributed by atoms with E-state index in [0.717, 1.165) is 45.2 Å². The molecule has 0 N–H and O–H groups in total. The van der Waals surface area contributed by atoms with E-state index >= 15 is 0 Å². The molecule has 0 bridgehead atoms. The molecule has 0 fully saturated rings. The predicted octanol–water partition coefficient (Wildman–Crippen LogP) is 8.14. The van der Waals surface area contributed by atoms with Crippen molar-refractivity contribution in [3.8, 4) is 34.0 Å². The highest BCUT2D eigenvalue weighted by Gasteiger charge is 2.19. The highest BCUT2D eigenvalue weighted by Crippen LogP contribution is 2.36. The molecule has 0 amide bonds. The van der Waals surface area contributed by atoms with Crippen LogP contribution in [0.2, 0.25) is 0 Å². The molecule has 0 aliphatic carbocycles. The van der Waals surface area contributed by atoms with E-state index in [1.54, 1.807) is 6.92 Å². The van der Waals surface area contributed by atoms with Crippen LogP contribution in [0.4, 0.5) is 5.69 Å². The molecule has 1 aromatic heterocycles. The molecule has 0 unspecified atom stereocenters. The van der Waals surface area contributed by atoms with E-state index < -0.39 is 0 Å². The first kappa shape index (κ1) is 25.7. The molecule has 1 heterocycles. The van der Waals surface area contributed by atoms with Crippen molar-refractivity contribution < 1.29 is 14.3 Å². The zero-order chi connectivity index (χ0) is 27.0. The summed E-state index contributed by atoms with van der Waals surface area (Å²) in [5.41, 5.74) is 7.38. The minimum atomic E-state index is -0.328. The van der Waals surface area contributed by atoms with Crippen LogP contribution in [0.15, 0.2) is 120 Å². The number of aromatic nitrogens is 1. The number of ether oxygens (including phenoxy) is 2. The molecular formula is C34H30N2O3. The summed E-state index contributed by atoms with van der Waals surface area (Å²) in [7, 11) is 0. The van der Waals surface area contributed by atoms with Gasteiger partial charge in [-0.1, -0.05) is 66.7 Å². The van der Waals surface area contributed by atoms with Gasteiger partial charge < -0.3 is 14.0 Å². The van der Waals surface area contributed by atoms with Crippen LogP contribution in [0.5, 0.6) is 5.75 Å². The summed E-state index contributed by atoms with van der Waals surface area (Å²) in [5, 5.41) is 0. The van der Waals surface area contributed by atoms with Gasteiger partial charge >= 0.3 is 5.97 Å². The van der Waals surface area contributed by atoms with Gasteiger partial charge in [0.05, 0.1) is 35.9 Å². The maximum absolute atomic E-state index is 12.3. The normalized spacial score (nSPS) is 11.0. The molecule has 0 aliphatic rings. The quantitative estimate of drug-likeness (QED) is 0.147. The van der Waals surface area contributed by atoms with Gasteiger partial charge in [-0.05, 0) is 67.4 Å². The first-order valence-electron chi connectivity index (χ1n) is 13.1. The van der Waals surface area contributed by atoms with Crippen molar-refractivity contribution in [2.45, 2.75) is 13.8 Å². The van der Waals surface area contributed by atoms with Gasteiger partial charge in [0, 0.05) is 23.5 Å². The van der Waals surface area contributed by atoms with E-state index in [2.05, 4.69) is 34.9 Å². The maximum Gasteiger partial charge on any atom is 0.338 e. The summed E-state index contributed by atoms with van der Waals surface area (Å²) in [6, 6.07) is 38.0. The van der Waals surface area contributed by atoms with Gasteiger partial charge in [-0.15, -0.1) is 0 Å². The number of benzene rings is 4. The van der Waals surface area contributed by atoms with Gasteiger partial charge in [0.15, 0.2) is 0 Å². The van der Waals surface area contributed by atoms with Crippen molar-refractivity contribution in [1.29, 1.82) is 0 Å². The van der Waals surface area contributed by atoms with E-state index in [0.29, 0.717) is 18.8 Å². The average Bonchev–Trinajstić information content (AvgIpc) is 3.37. The van der Waals surface area contributed by atoms with Crippen LogP contribution in [-0.4, -0.2) is 30.0 Å². The number of hydrogen-bond donors (Lipinski definition) is 0. The van der Waals surface area contributed by atoms with Gasteiger partial charge in [0.2, 0.25) is 0 Å². The Bertz CT molecular complexity index is 1570. The number of esters is 1. The first-order valence-corrected chi connectivity index (χ1v) is 13.1. The molecule has 5 heteroatoms. The number of carbonyl (C=O) groups is 1. The highest BCUT2D eigenvalue weighted by atomic mass is 16.5. The molecule has 194 valence electrons. The average molecular weight is 515 g/mol. The molecule has 0 spiro atoms. The fourth-order valence-corrected chi connectivity index (χ4v) is 4.53. The Morgan fingerprint density at radius 2 is 1.46 bits per heavy atom. The molecule has 0 atom stereocenters. The van der Waals surface area contributed by atoms with E-state index in [9.17, 15) is 4.79 Å². The largest absolute Gasteiger partial charge is 0.494 e. The summed E-state index contributed by atoms with van der Waals surface area (Å²) in [6.45, 7) is 4.71. The van der Waals surface area contributed by atoms with Gasteiger partial charge in [0.1, 0.15) is 5.75 Å². The van der Waals surface area contributed by atoms with E-state index in [1.165, 1.54) is 0 Å². The second-order valence-electron chi connectivity index (χ2n) is 8.86. The number of aliphatic imine (C=N–C) groups is 1. The lowest BCUT2D eigenvalue weighted by Crippen LogP contribution is -2.05. The number of nitrogens with zero attached hydrogens (tertiary/aromatic N) is 2. The molecule has 0 radical (unpaired) electrons. The summed E-state index contributed by atoms with van der Waals surface area (Å²) in [6.07, 6.45) is 1.91. The Balaban J connectivity index is 1.69. The van der Waals surface area contributed by atoms with Crippen molar-refractivity contribution in [3.05, 3.63) is 126 Å². The van der Waals surface area contributed by atoms with Crippen LogP contribution in [0.25, 0.3) is 28.2 Å². The number of rotatable bonds is 9. The molecule has 39 heavy (non-hydrogen) atoms. The molecule has 5 aromatic rings. The van der Waals surface area contributed by atoms with E-state index in [-0.39, 0.29) is 5.97 Å². The second kappa shape index (κ2) is 12.1. The molecule has 5 nitrogen and oxygen atoms in total. The third kappa shape index (κ3) is 5.83. The minimum absolute atomic E-state index is 0.328. The van der Waals surface area contributed by atoms with Gasteiger partial charge in [-0.2, -0.15) is 0 Å². The molecule has 0 saturated heterocycles. The standard InChI is InChI=1S/C34H30N2O3/c1-3-38-31-17-11-16-29(23-31)35-24-28-22-32(25-12-7-5-8-13-25)36(33(28)26-14-9-6-10-15-26)30-20-18-27(19-21-30)34(37)39-4-2/h5-24H,3-4H2,1-2H3. The van der Waals surface area contributed by atoms with Gasteiger partial charge in [0.25, 0.3) is 0 Å². The smallest absolute Gasteiger partial charge is 0.338 e. The second-order valence-corrected chi connectivity index (χ2v) is 8.86. The fourth-order valence-electron chi connectivity index (χ4n) is 4.53. The Kier molecular flexibility index (Phi) is 7.98. The zero-order valence-corrected chi connectivity index (χ0v) is 22.1. The van der Waals surface area contributed by atoms with Crippen molar-refractivity contribution in [1.82, 2.24) is 4.57 Å². The summed E-state index contributed by atoms with van der Waals surface area (Å²) in [5.74, 6) is 0.463. The molecule has 0 saturated carbocycles. The third-order valence-corrected chi connectivity index (χ3v) is 6.26. The summed E-state index contributed by atoms with van der Waals surface area (Å²) < 4.78 is 13.1. The van der Waals surface area contributed by atoms with Crippen LogP contribution in [0.1, 0.15) is 29.8 Å². The Morgan fingerprint density at radius 1 is 0.769 bits per heavy atom. The molecular weight excluding hydrogens is 484 g/mol. The number of carbonyl (C=O) groups excluding carboxylic acids is 1. The lowest BCUT2D eigenvalue weighted by Gasteiger charge is -2.15. The maximum atomic E-state index is 12.3. The topological polar surface area (TPSA) is 52.8 Å². The van der Waals surface area contributed by atoms with Crippen LogP contribution in [0.3, 0.4) is 0 Å². The summed E-state index contributed by atoms with van der Waals surface area (Å²) >= 11 is 0. The lowest BCUT2D eigenvalue weighted by atomic mass is 10.1. The van der Waals surface area contributed by atoms with Crippen molar-refractivity contribution >= 4 is 17.9 Å². The lowest BCUT2D eigenvalue weighted by molar-refractivity contribution is 0.0526. The van der Waals surface area contributed by atoms with Crippen molar-refractivity contribution in [3.63, 3.8) is 0 Å². The molecule has 4 aromatic carbocycles. The first-order chi connectivity index (χ1) is 19.2. The third-order valence-electron chi connectivity index (χ3n) is 6.26. The van der Waals surface area contributed by atoms with Crippen molar-refractivity contribution in [2.24, 2.45) is 4.99 Å². The Morgan fingerprint density at radius 3 is 2.13 bits per heavy atom. The monoisotopic (exact) mass is 514 g/mol. The van der Waals surface area contributed by atoms with E-state index in [4.69, 9.17) is 14.5 Å². The Labute approximate surface area is 229 Å². The van der Waals surface area contributed by atoms with Gasteiger partial charge in [-0.25, -0.2) is 4.79 Å². The fraction of sp³-hybridized carbons (Fsp3) is 0.118. The predicted molar refractivity (Wildman–Crippen MR) is 157 cm³/mol. The highest BCUT2D eigenvalue weighted by molar-refractivity contribution is 5.95. The molecule has 5 rings (SSSR count). The van der Waals surface area contributed by atoms with Gasteiger partial charge in [-0.3, -0.25) is 4.99 Å². The molecule has 0 aliphatic heterocycles. The SMILES string of the molecule is CCOC(=O)c1ccc(-n2c(-c3ccccc3)cc(C=Nc3cccc(OCC)c3)c2-c2ccccc2)cc1. The zero-order valence-electron chi connectivity index (χ0n) is 22.1. The van der Waals surface area contributed by atoms with E-state index in [1.807, 2.05) is 98.1 Å². The minimum Gasteiger partial charge on any atom is -0.494 e. The van der Waals surface area contributed by atoms with Crippen LogP contribution >= 0.6 is 0 Å². The van der Waals surface area contributed by atoms with Crippen molar-refractivity contribution in [2.75, 3.05) is 13.2 Å². The van der Waals surface area contributed by atoms with Crippen LogP contribution in [0, 0.1) is 0 Å². The van der Waals surface area contributed by atoms with Crippen LogP contribution < -0.4 is 4.74 Å². The Hall–Kier alpha value is -4.90. The van der Waals surface area contributed by atoms with Crippen LogP contribution in [-0.2, 0) is 4.74 Å². The number of hydrogen-bond acceptors (Lipinski definition) is 4.